The molecule has 254 valence electrons. The first-order valence-corrected chi connectivity index (χ1v) is 18.3. The second-order valence-electron chi connectivity index (χ2n) is 14.0. The van der Waals surface area contributed by atoms with Crippen LogP contribution in [0, 0.1) is 17.9 Å². The van der Waals surface area contributed by atoms with Gasteiger partial charge in [-0.1, -0.05) is 91.0 Å². The summed E-state index contributed by atoms with van der Waals surface area (Å²) < 4.78 is 7.04. The molecule has 8 aromatic carbocycles. The summed E-state index contributed by atoms with van der Waals surface area (Å²) in [7, 11) is 0. The molecule has 0 aliphatic rings. The Kier molecular flexibility index (Phi) is 6.61. The lowest BCUT2D eigenvalue weighted by Crippen LogP contribution is -1.96. The van der Waals surface area contributed by atoms with E-state index < -0.39 is 0 Å². The van der Waals surface area contributed by atoms with Crippen molar-refractivity contribution in [3.05, 3.63) is 193 Å². The van der Waals surface area contributed by atoms with Crippen molar-refractivity contribution in [1.29, 1.82) is 5.26 Å². The number of fused-ring (bicyclic) bond motifs is 10. The number of aromatic nitrogens is 3. The van der Waals surface area contributed by atoms with Crippen LogP contribution >= 0.6 is 0 Å². The van der Waals surface area contributed by atoms with Gasteiger partial charge >= 0.3 is 0 Å². The second kappa shape index (κ2) is 11.8. The van der Waals surface area contributed by atoms with Gasteiger partial charge in [0.25, 0.3) is 0 Å². The molecule has 0 aliphatic carbocycles. The molecule has 0 saturated heterocycles. The van der Waals surface area contributed by atoms with E-state index in [-0.39, 0.29) is 0 Å². The quantitative estimate of drug-likeness (QED) is 0.169. The van der Waals surface area contributed by atoms with Crippen molar-refractivity contribution < 1.29 is 0 Å². The van der Waals surface area contributed by atoms with Gasteiger partial charge in [-0.2, -0.15) is 5.26 Å². The smallest absolute Gasteiger partial charge is 0.188 e. The summed E-state index contributed by atoms with van der Waals surface area (Å²) in [5, 5.41) is 16.4. The van der Waals surface area contributed by atoms with E-state index in [1.807, 2.05) is 30.3 Å². The van der Waals surface area contributed by atoms with Crippen molar-refractivity contribution >= 4 is 71.1 Å². The number of hydrogen-bond acceptors (Lipinski definition) is 1. The van der Waals surface area contributed by atoms with E-state index in [1.54, 1.807) is 0 Å². The van der Waals surface area contributed by atoms with Gasteiger partial charge in [-0.05, 0) is 101 Å². The molecular weight excluding hydrogens is 671 g/mol. The van der Waals surface area contributed by atoms with Crippen LogP contribution in [0.2, 0.25) is 0 Å². The molecule has 55 heavy (non-hydrogen) atoms. The highest BCUT2D eigenvalue weighted by Gasteiger charge is 2.21. The summed E-state index contributed by atoms with van der Waals surface area (Å²) in [6.45, 7) is 7.74. The number of nitriles is 1. The zero-order valence-corrected chi connectivity index (χ0v) is 29.5. The Morgan fingerprint density at radius 1 is 0.418 bits per heavy atom. The van der Waals surface area contributed by atoms with Crippen LogP contribution in [-0.2, 0) is 0 Å². The van der Waals surface area contributed by atoms with Gasteiger partial charge < -0.3 is 13.7 Å². The Balaban J connectivity index is 1.13. The van der Waals surface area contributed by atoms with E-state index in [2.05, 4.69) is 170 Å². The first kappa shape index (κ1) is 30.7. The molecular formula is C50H29N5. The lowest BCUT2D eigenvalue weighted by molar-refractivity contribution is 1.17. The molecule has 0 bridgehead atoms. The highest BCUT2D eigenvalue weighted by Crippen LogP contribution is 2.43. The molecule has 0 radical (unpaired) electrons. The Labute approximate surface area is 316 Å². The summed E-state index contributed by atoms with van der Waals surface area (Å²) >= 11 is 0. The fourth-order valence-electron chi connectivity index (χ4n) is 8.71. The largest absolute Gasteiger partial charge is 0.309 e. The molecule has 0 amide bonds. The zero-order valence-electron chi connectivity index (χ0n) is 29.5. The molecule has 0 fully saturated rings. The summed E-state index contributed by atoms with van der Waals surface area (Å²) in [6.07, 6.45) is 0. The second-order valence-corrected chi connectivity index (χ2v) is 14.0. The lowest BCUT2D eigenvalue weighted by Gasteiger charge is -2.13. The first-order chi connectivity index (χ1) is 27.2. The molecule has 11 rings (SSSR count). The van der Waals surface area contributed by atoms with Gasteiger partial charge in [0, 0.05) is 44.0 Å². The topological polar surface area (TPSA) is 42.9 Å². The SMILES string of the molecule is [C-]#[N+]c1ccc2c(c1)c1ccc3c(c4ccccc4n3-c3cccc(-c4cccc(-n5c6ccccc6c6cc(C#N)ccc65)c4)c3)c1n2-c1ccccc1. The number of rotatable bonds is 4. The van der Waals surface area contributed by atoms with E-state index in [4.69, 9.17) is 6.57 Å². The standard InChI is InChI=1S/C50H29N5/c1-52-35-22-25-47-43(30-35)40-23-26-48-49(50(40)55(47)36-13-3-2-4-14-36)41-18-6-8-20-45(41)54(48)38-16-10-12-34(29-38)33-11-9-15-37(28-33)53-44-19-7-5-17-39(44)42-27-32(31-51)21-24-46(42)53/h2-30H. The van der Waals surface area contributed by atoms with E-state index in [9.17, 15) is 5.26 Å². The third-order valence-electron chi connectivity index (χ3n) is 11.0. The molecule has 3 aromatic heterocycles. The van der Waals surface area contributed by atoms with Gasteiger partial charge in [0.15, 0.2) is 5.69 Å². The van der Waals surface area contributed by atoms with Crippen LogP contribution in [-0.4, -0.2) is 13.7 Å². The molecule has 11 aromatic rings. The molecule has 0 atom stereocenters. The fourth-order valence-corrected chi connectivity index (χ4v) is 8.71. The van der Waals surface area contributed by atoms with Gasteiger partial charge in [-0.3, -0.25) is 0 Å². The maximum absolute atomic E-state index is 9.65. The summed E-state index contributed by atoms with van der Waals surface area (Å²) in [4.78, 5) is 3.78. The number of nitrogens with zero attached hydrogens (tertiary/aromatic N) is 5. The molecule has 0 N–H and O–H groups in total. The van der Waals surface area contributed by atoms with E-state index in [0.717, 1.165) is 82.8 Å². The molecule has 0 aliphatic heterocycles. The van der Waals surface area contributed by atoms with Crippen LogP contribution in [0.15, 0.2) is 176 Å². The van der Waals surface area contributed by atoms with Crippen molar-refractivity contribution in [1.82, 2.24) is 13.7 Å². The molecule has 3 heterocycles. The van der Waals surface area contributed by atoms with Crippen molar-refractivity contribution in [3.63, 3.8) is 0 Å². The number of hydrogen-bond donors (Lipinski definition) is 0. The minimum atomic E-state index is 0.634. The van der Waals surface area contributed by atoms with Crippen LogP contribution in [0.4, 0.5) is 5.69 Å². The van der Waals surface area contributed by atoms with Crippen LogP contribution in [0.1, 0.15) is 5.56 Å². The molecule has 0 saturated carbocycles. The third kappa shape index (κ3) is 4.51. The molecule has 0 spiro atoms. The van der Waals surface area contributed by atoms with Gasteiger partial charge in [-0.25, -0.2) is 4.85 Å². The van der Waals surface area contributed by atoms with Crippen molar-refractivity contribution in [3.8, 4) is 34.3 Å². The monoisotopic (exact) mass is 699 g/mol. The Hall–Kier alpha value is -7.86. The Morgan fingerprint density at radius 2 is 0.982 bits per heavy atom. The predicted octanol–water partition coefficient (Wildman–Crippen LogP) is 13.1. The third-order valence-corrected chi connectivity index (χ3v) is 11.0. The maximum atomic E-state index is 9.65. The van der Waals surface area contributed by atoms with Crippen LogP contribution in [0.3, 0.4) is 0 Å². The molecule has 5 heteroatoms. The molecule has 5 nitrogen and oxygen atoms in total. The van der Waals surface area contributed by atoms with E-state index in [0.29, 0.717) is 11.3 Å². The van der Waals surface area contributed by atoms with Gasteiger partial charge in [0.2, 0.25) is 0 Å². The Bertz CT molecular complexity index is 3450. The van der Waals surface area contributed by atoms with Crippen LogP contribution < -0.4 is 0 Å². The fraction of sp³-hybridized carbons (Fsp3) is 0. The number of para-hydroxylation sites is 3. The van der Waals surface area contributed by atoms with E-state index >= 15 is 0 Å². The van der Waals surface area contributed by atoms with Gasteiger partial charge in [-0.15, -0.1) is 0 Å². The average molecular weight is 700 g/mol. The van der Waals surface area contributed by atoms with Crippen LogP contribution in [0.25, 0.3) is 98.5 Å². The van der Waals surface area contributed by atoms with Crippen molar-refractivity contribution in [2.45, 2.75) is 0 Å². The predicted molar refractivity (Wildman–Crippen MR) is 226 cm³/mol. The van der Waals surface area contributed by atoms with Gasteiger partial charge in [0.1, 0.15) is 0 Å². The van der Waals surface area contributed by atoms with Crippen molar-refractivity contribution in [2.24, 2.45) is 0 Å². The summed E-state index contributed by atoms with van der Waals surface area (Å²) in [5.74, 6) is 0. The Morgan fingerprint density at radius 3 is 1.71 bits per heavy atom. The summed E-state index contributed by atoms with van der Waals surface area (Å²) in [6, 6.07) is 63.9. The first-order valence-electron chi connectivity index (χ1n) is 18.3. The normalized spacial score (nSPS) is 11.6. The maximum Gasteiger partial charge on any atom is 0.188 e. The van der Waals surface area contributed by atoms with E-state index in [1.165, 1.54) is 10.8 Å². The highest BCUT2D eigenvalue weighted by atomic mass is 15.0. The van der Waals surface area contributed by atoms with Crippen LogP contribution in [0.5, 0.6) is 0 Å². The highest BCUT2D eigenvalue weighted by molar-refractivity contribution is 6.26. The summed E-state index contributed by atoms with van der Waals surface area (Å²) in [5.41, 5.74) is 13.4. The van der Waals surface area contributed by atoms with Crippen molar-refractivity contribution in [2.75, 3.05) is 0 Å². The molecule has 0 unspecified atom stereocenters. The lowest BCUT2D eigenvalue weighted by atomic mass is 10.0. The average Bonchev–Trinajstić information content (AvgIpc) is 3.89. The minimum Gasteiger partial charge on any atom is -0.309 e. The zero-order chi connectivity index (χ0) is 36.6. The minimum absolute atomic E-state index is 0.634. The van der Waals surface area contributed by atoms with Gasteiger partial charge in [0.05, 0.1) is 51.3 Å². The number of benzene rings is 8.